The fourth-order valence-electron chi connectivity index (χ4n) is 4.21. The van der Waals surface area contributed by atoms with E-state index in [1.807, 2.05) is 0 Å². The van der Waals surface area contributed by atoms with Crippen molar-refractivity contribution in [1.82, 2.24) is 15.3 Å². The standard InChI is InChI=1S/C27H16ClF5N4O4/c1-40-21-4-5-34-26(36-21)41-16-10-18-22(23(37-25(18)39)17-9-14(29)2-3-19(17)28)20(11-16)35-24(38)12-6-13(27(31,32)33)8-15(30)7-12/h2-11,23H,1H3,(H,35,38)(H,37,39). The zero-order chi connectivity index (χ0) is 29.5. The van der Waals surface area contributed by atoms with Gasteiger partial charge in [0.1, 0.15) is 17.4 Å². The van der Waals surface area contributed by atoms with Crippen LogP contribution < -0.4 is 20.1 Å². The highest BCUT2D eigenvalue weighted by Gasteiger charge is 2.36. The fraction of sp³-hybridized carbons (Fsp3) is 0.111. The largest absolute Gasteiger partial charge is 0.481 e. The number of aromatic nitrogens is 2. The van der Waals surface area contributed by atoms with Crippen LogP contribution in [-0.4, -0.2) is 28.9 Å². The Labute approximate surface area is 233 Å². The quantitative estimate of drug-likeness (QED) is 0.255. The molecule has 14 heteroatoms. The molecule has 2 N–H and O–H groups in total. The van der Waals surface area contributed by atoms with Gasteiger partial charge in [-0.15, -0.1) is 0 Å². The molecule has 0 fully saturated rings. The molecule has 2 heterocycles. The minimum atomic E-state index is -4.92. The summed E-state index contributed by atoms with van der Waals surface area (Å²) in [5, 5.41) is 5.16. The summed E-state index contributed by atoms with van der Waals surface area (Å²) in [5.74, 6) is -3.62. The molecule has 0 bridgehead atoms. The van der Waals surface area contributed by atoms with Crippen molar-refractivity contribution in [3.63, 3.8) is 0 Å². The summed E-state index contributed by atoms with van der Waals surface area (Å²) in [7, 11) is 1.37. The molecule has 0 saturated heterocycles. The van der Waals surface area contributed by atoms with Crippen molar-refractivity contribution in [2.45, 2.75) is 12.2 Å². The van der Waals surface area contributed by atoms with Crippen LogP contribution in [0.25, 0.3) is 0 Å². The molecule has 0 saturated carbocycles. The van der Waals surface area contributed by atoms with Gasteiger partial charge in [-0.25, -0.2) is 13.8 Å². The maximum atomic E-state index is 14.1. The normalized spacial score (nSPS) is 14.3. The number of alkyl halides is 3. The average molecular weight is 591 g/mol. The number of nitrogens with one attached hydrogen (secondary N) is 2. The van der Waals surface area contributed by atoms with Gasteiger partial charge in [0, 0.05) is 40.0 Å². The molecule has 5 rings (SSSR count). The number of methoxy groups -OCH3 is 1. The van der Waals surface area contributed by atoms with Crippen LogP contribution >= 0.6 is 11.6 Å². The lowest BCUT2D eigenvalue weighted by Crippen LogP contribution is -2.21. The van der Waals surface area contributed by atoms with Crippen molar-refractivity contribution in [3.05, 3.63) is 105 Å². The molecular weight excluding hydrogens is 575 g/mol. The minimum Gasteiger partial charge on any atom is -0.481 e. The molecule has 0 aliphatic carbocycles. The highest BCUT2D eigenvalue weighted by Crippen LogP contribution is 2.42. The summed E-state index contributed by atoms with van der Waals surface area (Å²) in [5.41, 5.74) is -1.91. The number of rotatable bonds is 6. The first-order valence-corrected chi connectivity index (χ1v) is 12.0. The van der Waals surface area contributed by atoms with Gasteiger partial charge in [0.25, 0.3) is 11.8 Å². The fourth-order valence-corrected chi connectivity index (χ4v) is 4.44. The number of carbonyl (C=O) groups is 2. The van der Waals surface area contributed by atoms with E-state index >= 15 is 0 Å². The number of fused-ring (bicyclic) bond motifs is 1. The van der Waals surface area contributed by atoms with Crippen LogP contribution in [0.1, 0.15) is 43.4 Å². The molecule has 8 nitrogen and oxygen atoms in total. The highest BCUT2D eigenvalue weighted by atomic mass is 35.5. The first kappa shape index (κ1) is 27.8. The van der Waals surface area contributed by atoms with E-state index in [1.165, 1.54) is 37.6 Å². The van der Waals surface area contributed by atoms with Crippen molar-refractivity contribution < 1.29 is 41.0 Å². The predicted octanol–water partition coefficient (Wildman–Crippen LogP) is 6.31. The van der Waals surface area contributed by atoms with Crippen LogP contribution in [0.5, 0.6) is 17.6 Å². The SMILES string of the molecule is COc1ccnc(Oc2cc(NC(=O)c3cc(F)cc(C(F)(F)F)c3)c3c(c2)C(=O)NC3c2cc(F)ccc2Cl)n1. The predicted molar refractivity (Wildman–Crippen MR) is 135 cm³/mol. The second-order valence-corrected chi connectivity index (χ2v) is 9.08. The van der Waals surface area contributed by atoms with Gasteiger partial charge in [0.15, 0.2) is 0 Å². The van der Waals surface area contributed by atoms with E-state index < -0.39 is 46.8 Å². The summed E-state index contributed by atoms with van der Waals surface area (Å²) < 4.78 is 78.6. The molecule has 1 aliphatic heterocycles. The third-order valence-corrected chi connectivity index (χ3v) is 6.34. The van der Waals surface area contributed by atoms with Crippen LogP contribution in [0, 0.1) is 11.6 Å². The van der Waals surface area contributed by atoms with Crippen molar-refractivity contribution in [2.75, 3.05) is 12.4 Å². The van der Waals surface area contributed by atoms with Gasteiger partial charge < -0.3 is 20.1 Å². The maximum Gasteiger partial charge on any atom is 0.416 e. The Morgan fingerprint density at radius 2 is 1.83 bits per heavy atom. The van der Waals surface area contributed by atoms with E-state index in [9.17, 15) is 31.5 Å². The van der Waals surface area contributed by atoms with Crippen LogP contribution in [0.3, 0.4) is 0 Å². The molecule has 1 aromatic heterocycles. The number of carbonyl (C=O) groups excluding carboxylic acids is 2. The molecular formula is C27H16ClF5N4O4. The molecule has 210 valence electrons. The Morgan fingerprint density at radius 1 is 1.05 bits per heavy atom. The van der Waals surface area contributed by atoms with E-state index in [0.29, 0.717) is 12.1 Å². The van der Waals surface area contributed by atoms with E-state index in [4.69, 9.17) is 21.1 Å². The summed E-state index contributed by atoms with van der Waals surface area (Å²) in [6.07, 6.45) is -3.58. The lowest BCUT2D eigenvalue weighted by Gasteiger charge is -2.19. The number of nitrogens with zero attached hydrogens (tertiary/aromatic N) is 2. The van der Waals surface area contributed by atoms with Gasteiger partial charge in [-0.3, -0.25) is 9.59 Å². The van der Waals surface area contributed by atoms with E-state index in [0.717, 1.165) is 12.1 Å². The van der Waals surface area contributed by atoms with E-state index in [-0.39, 0.29) is 51.1 Å². The monoisotopic (exact) mass is 590 g/mol. The molecule has 2 amide bonds. The zero-order valence-electron chi connectivity index (χ0n) is 20.6. The minimum absolute atomic E-state index is 0.0266. The number of anilines is 1. The topological polar surface area (TPSA) is 102 Å². The Bertz CT molecular complexity index is 1700. The number of benzene rings is 3. The van der Waals surface area contributed by atoms with Gasteiger partial charge >= 0.3 is 12.2 Å². The Kier molecular flexibility index (Phi) is 7.22. The number of hydrogen-bond acceptors (Lipinski definition) is 6. The molecule has 1 aliphatic rings. The number of amides is 2. The smallest absolute Gasteiger partial charge is 0.416 e. The number of ether oxygens (including phenoxy) is 2. The summed E-state index contributed by atoms with van der Waals surface area (Å²) in [6.45, 7) is 0. The first-order valence-electron chi connectivity index (χ1n) is 11.6. The van der Waals surface area contributed by atoms with Crippen LogP contribution in [-0.2, 0) is 6.18 Å². The van der Waals surface area contributed by atoms with Gasteiger partial charge in [-0.05, 0) is 42.5 Å². The molecule has 41 heavy (non-hydrogen) atoms. The summed E-state index contributed by atoms with van der Waals surface area (Å²) in [6, 6.07) is 7.58. The van der Waals surface area contributed by atoms with Gasteiger partial charge in [-0.1, -0.05) is 11.6 Å². The van der Waals surface area contributed by atoms with Crippen molar-refractivity contribution in [3.8, 4) is 17.6 Å². The van der Waals surface area contributed by atoms with Crippen LogP contribution in [0.2, 0.25) is 5.02 Å². The van der Waals surface area contributed by atoms with Crippen molar-refractivity contribution >= 4 is 29.1 Å². The second kappa shape index (κ2) is 10.7. The number of hydrogen-bond donors (Lipinski definition) is 2. The van der Waals surface area contributed by atoms with Gasteiger partial charge in [0.2, 0.25) is 5.88 Å². The van der Waals surface area contributed by atoms with Gasteiger partial charge in [0.05, 0.1) is 30.0 Å². The Hall–Kier alpha value is -4.78. The Balaban J connectivity index is 1.62. The number of halogens is 6. The molecule has 3 aromatic carbocycles. The molecule has 1 unspecified atom stereocenters. The third kappa shape index (κ3) is 5.75. The maximum absolute atomic E-state index is 14.1. The average Bonchev–Trinajstić information content (AvgIpc) is 3.25. The zero-order valence-corrected chi connectivity index (χ0v) is 21.4. The summed E-state index contributed by atoms with van der Waals surface area (Å²) in [4.78, 5) is 34.1. The lowest BCUT2D eigenvalue weighted by molar-refractivity contribution is -0.137. The highest BCUT2D eigenvalue weighted by molar-refractivity contribution is 6.31. The molecule has 0 spiro atoms. The lowest BCUT2D eigenvalue weighted by atomic mass is 9.95. The molecule has 0 radical (unpaired) electrons. The van der Waals surface area contributed by atoms with Crippen LogP contribution in [0.15, 0.2) is 60.8 Å². The van der Waals surface area contributed by atoms with Gasteiger partial charge in [-0.2, -0.15) is 18.2 Å². The van der Waals surface area contributed by atoms with Crippen molar-refractivity contribution in [1.29, 1.82) is 0 Å². The van der Waals surface area contributed by atoms with E-state index in [1.54, 1.807) is 0 Å². The van der Waals surface area contributed by atoms with E-state index in [2.05, 4.69) is 20.6 Å². The molecule has 4 aromatic rings. The van der Waals surface area contributed by atoms with Crippen molar-refractivity contribution in [2.24, 2.45) is 0 Å². The Morgan fingerprint density at radius 3 is 2.56 bits per heavy atom. The molecule has 1 atom stereocenters. The third-order valence-electron chi connectivity index (χ3n) is 5.99. The first-order chi connectivity index (χ1) is 19.4. The summed E-state index contributed by atoms with van der Waals surface area (Å²) >= 11 is 6.28. The second-order valence-electron chi connectivity index (χ2n) is 8.67. The van der Waals surface area contributed by atoms with Crippen LogP contribution in [0.4, 0.5) is 27.6 Å².